The molecule has 0 spiro atoms. The average Bonchev–Trinajstić information content (AvgIpc) is 2.15. The molecule has 0 atom stereocenters. The molecule has 0 bridgehead atoms. The number of hydrogen-bond acceptors (Lipinski definition) is 2. The lowest BCUT2D eigenvalue weighted by atomic mass is 10.1. The molecule has 0 aliphatic rings. The second-order valence-corrected chi connectivity index (χ2v) is 6.93. The molecule has 0 radical (unpaired) electrons. The Labute approximate surface area is 104 Å². The van der Waals surface area contributed by atoms with Crippen LogP contribution in [0.25, 0.3) is 0 Å². The van der Waals surface area contributed by atoms with Gasteiger partial charge in [-0.3, -0.25) is 0 Å². The van der Waals surface area contributed by atoms with E-state index in [1.165, 1.54) is 5.56 Å². The fraction of sp³-hybridized carbons (Fsp3) is 0.538. The molecule has 0 aliphatic heterocycles. The third-order valence-electron chi connectivity index (χ3n) is 2.21. The second kappa shape index (κ2) is 5.19. The number of sulfonamides is 1. The van der Waals surface area contributed by atoms with Crippen LogP contribution in [0.1, 0.15) is 39.7 Å². The molecule has 17 heavy (non-hydrogen) atoms. The first-order valence-electron chi connectivity index (χ1n) is 5.87. The number of rotatable bonds is 4. The minimum Gasteiger partial charge on any atom is -0.207 e. The van der Waals surface area contributed by atoms with Gasteiger partial charge in [-0.1, -0.05) is 25.5 Å². The minimum atomic E-state index is -3.40. The van der Waals surface area contributed by atoms with Gasteiger partial charge in [0.1, 0.15) is 0 Å². The molecular formula is C13H21NO2S. The van der Waals surface area contributed by atoms with E-state index < -0.39 is 15.6 Å². The zero-order valence-electron chi connectivity index (χ0n) is 10.9. The summed E-state index contributed by atoms with van der Waals surface area (Å²) in [6.07, 6.45) is 2.04. The van der Waals surface area contributed by atoms with Crippen molar-refractivity contribution in [2.24, 2.45) is 0 Å². The predicted molar refractivity (Wildman–Crippen MR) is 70.5 cm³/mol. The zero-order valence-corrected chi connectivity index (χ0v) is 11.8. The zero-order chi connectivity index (χ0) is 13.1. The molecule has 0 aromatic heterocycles. The monoisotopic (exact) mass is 255 g/mol. The Morgan fingerprint density at radius 2 is 1.65 bits per heavy atom. The molecule has 0 fully saturated rings. The summed E-state index contributed by atoms with van der Waals surface area (Å²) in [7, 11) is -3.40. The molecule has 1 N–H and O–H groups in total. The van der Waals surface area contributed by atoms with Gasteiger partial charge in [0.25, 0.3) is 0 Å². The van der Waals surface area contributed by atoms with E-state index in [-0.39, 0.29) is 0 Å². The van der Waals surface area contributed by atoms with Crippen LogP contribution < -0.4 is 4.72 Å². The van der Waals surface area contributed by atoms with Crippen LogP contribution in [0.2, 0.25) is 0 Å². The Kier molecular flexibility index (Phi) is 4.33. The maximum absolute atomic E-state index is 12.0. The van der Waals surface area contributed by atoms with Crippen LogP contribution in [0.15, 0.2) is 29.2 Å². The first-order valence-corrected chi connectivity index (χ1v) is 7.36. The molecule has 0 saturated carbocycles. The standard InChI is InChI=1S/C13H21NO2S/c1-5-6-11-7-9-12(10-8-11)17(15,16)14-13(2,3)4/h7-10,14H,5-6H2,1-4H3. The van der Waals surface area contributed by atoms with Gasteiger partial charge in [0, 0.05) is 5.54 Å². The van der Waals surface area contributed by atoms with E-state index in [4.69, 9.17) is 0 Å². The molecule has 96 valence electrons. The summed E-state index contributed by atoms with van der Waals surface area (Å²) in [6.45, 7) is 7.59. The smallest absolute Gasteiger partial charge is 0.207 e. The van der Waals surface area contributed by atoms with E-state index >= 15 is 0 Å². The van der Waals surface area contributed by atoms with Crippen molar-refractivity contribution >= 4 is 10.0 Å². The number of benzene rings is 1. The summed E-state index contributed by atoms with van der Waals surface area (Å²) in [4.78, 5) is 0.326. The van der Waals surface area contributed by atoms with Gasteiger partial charge in [0.15, 0.2) is 0 Å². The highest BCUT2D eigenvalue weighted by atomic mass is 32.2. The molecule has 1 rings (SSSR count). The first kappa shape index (κ1) is 14.2. The molecule has 3 nitrogen and oxygen atoms in total. The molecule has 0 aliphatic carbocycles. The molecule has 4 heteroatoms. The molecule has 1 aromatic carbocycles. The van der Waals surface area contributed by atoms with E-state index in [1.807, 2.05) is 32.9 Å². The van der Waals surface area contributed by atoms with Crippen LogP contribution in [0.5, 0.6) is 0 Å². The van der Waals surface area contributed by atoms with Crippen LogP contribution >= 0.6 is 0 Å². The predicted octanol–water partition coefficient (Wildman–Crippen LogP) is 2.72. The summed E-state index contributed by atoms with van der Waals surface area (Å²) in [5.41, 5.74) is 0.711. The van der Waals surface area contributed by atoms with E-state index in [2.05, 4.69) is 11.6 Å². The number of hydrogen-bond donors (Lipinski definition) is 1. The molecule has 0 amide bonds. The first-order chi connectivity index (χ1) is 7.74. The Morgan fingerprint density at radius 3 is 2.06 bits per heavy atom. The van der Waals surface area contributed by atoms with Gasteiger partial charge in [-0.2, -0.15) is 0 Å². The second-order valence-electron chi connectivity index (χ2n) is 5.25. The summed E-state index contributed by atoms with van der Waals surface area (Å²) in [5.74, 6) is 0. The Morgan fingerprint density at radius 1 is 1.12 bits per heavy atom. The Bertz CT molecular complexity index is 455. The largest absolute Gasteiger partial charge is 0.241 e. The van der Waals surface area contributed by atoms with Crippen LogP contribution in [-0.2, 0) is 16.4 Å². The van der Waals surface area contributed by atoms with E-state index in [0.717, 1.165) is 12.8 Å². The van der Waals surface area contributed by atoms with Crippen molar-refractivity contribution < 1.29 is 8.42 Å². The van der Waals surface area contributed by atoms with Crippen molar-refractivity contribution in [2.45, 2.75) is 51.0 Å². The topological polar surface area (TPSA) is 46.2 Å². The van der Waals surface area contributed by atoms with Gasteiger partial charge >= 0.3 is 0 Å². The van der Waals surface area contributed by atoms with E-state index in [0.29, 0.717) is 4.90 Å². The van der Waals surface area contributed by atoms with Crippen molar-refractivity contribution in [1.29, 1.82) is 0 Å². The van der Waals surface area contributed by atoms with Crippen molar-refractivity contribution in [3.63, 3.8) is 0 Å². The molecule has 1 aromatic rings. The van der Waals surface area contributed by atoms with Crippen LogP contribution in [0.4, 0.5) is 0 Å². The minimum absolute atomic E-state index is 0.326. The highest BCUT2D eigenvalue weighted by molar-refractivity contribution is 7.89. The fourth-order valence-corrected chi connectivity index (χ4v) is 3.00. The van der Waals surface area contributed by atoms with E-state index in [9.17, 15) is 8.42 Å². The van der Waals surface area contributed by atoms with Crippen molar-refractivity contribution in [3.8, 4) is 0 Å². The maximum atomic E-state index is 12.0. The third-order valence-corrected chi connectivity index (χ3v) is 3.99. The van der Waals surface area contributed by atoms with Crippen LogP contribution in [-0.4, -0.2) is 14.0 Å². The summed E-state index contributed by atoms with van der Waals surface area (Å²) < 4.78 is 26.6. The maximum Gasteiger partial charge on any atom is 0.241 e. The van der Waals surface area contributed by atoms with Gasteiger partial charge in [-0.25, -0.2) is 13.1 Å². The van der Waals surface area contributed by atoms with Crippen LogP contribution in [0.3, 0.4) is 0 Å². The van der Waals surface area contributed by atoms with Gasteiger partial charge in [0.2, 0.25) is 10.0 Å². The summed E-state index contributed by atoms with van der Waals surface area (Å²) >= 11 is 0. The molecule has 0 unspecified atom stereocenters. The normalized spacial score (nSPS) is 12.7. The highest BCUT2D eigenvalue weighted by Crippen LogP contribution is 2.14. The lowest BCUT2D eigenvalue weighted by Crippen LogP contribution is -2.40. The number of nitrogens with one attached hydrogen (secondary N) is 1. The number of aryl methyl sites for hydroxylation is 1. The SMILES string of the molecule is CCCc1ccc(S(=O)(=O)NC(C)(C)C)cc1. The quantitative estimate of drug-likeness (QED) is 0.899. The summed E-state index contributed by atoms with van der Waals surface area (Å²) in [6, 6.07) is 7.08. The third kappa shape index (κ3) is 4.48. The molecule has 0 heterocycles. The Balaban J connectivity index is 2.93. The highest BCUT2D eigenvalue weighted by Gasteiger charge is 2.21. The average molecular weight is 255 g/mol. The lowest BCUT2D eigenvalue weighted by molar-refractivity contribution is 0.491. The van der Waals surface area contributed by atoms with Gasteiger partial charge in [-0.05, 0) is 44.9 Å². The van der Waals surface area contributed by atoms with Crippen molar-refractivity contribution in [2.75, 3.05) is 0 Å². The molecule has 0 saturated heterocycles. The van der Waals surface area contributed by atoms with Gasteiger partial charge < -0.3 is 0 Å². The fourth-order valence-electron chi connectivity index (χ4n) is 1.59. The van der Waals surface area contributed by atoms with E-state index in [1.54, 1.807) is 12.1 Å². The molecular weight excluding hydrogens is 234 g/mol. The summed E-state index contributed by atoms with van der Waals surface area (Å²) in [5, 5.41) is 0. The Hall–Kier alpha value is -0.870. The van der Waals surface area contributed by atoms with Crippen molar-refractivity contribution in [3.05, 3.63) is 29.8 Å². The van der Waals surface area contributed by atoms with Crippen molar-refractivity contribution in [1.82, 2.24) is 4.72 Å². The van der Waals surface area contributed by atoms with Crippen LogP contribution in [0, 0.1) is 0 Å². The van der Waals surface area contributed by atoms with Gasteiger partial charge in [-0.15, -0.1) is 0 Å². The lowest BCUT2D eigenvalue weighted by Gasteiger charge is -2.20. The van der Waals surface area contributed by atoms with Gasteiger partial charge in [0.05, 0.1) is 4.90 Å².